The average molecular weight is 141 g/mol. The van der Waals surface area contributed by atoms with E-state index in [2.05, 4.69) is 5.32 Å². The summed E-state index contributed by atoms with van der Waals surface area (Å²) in [6.45, 7) is 0.104. The normalized spacial score (nSPS) is 44.1. The number of rotatable bonds is 1. The van der Waals surface area contributed by atoms with E-state index < -0.39 is 0 Å². The number of hydrogen-bond donors (Lipinski definition) is 2. The van der Waals surface area contributed by atoms with Crippen LogP contribution in [0.2, 0.25) is 0 Å². The number of hydrogen-bond acceptors (Lipinski definition) is 2. The van der Waals surface area contributed by atoms with Gasteiger partial charge in [-0.3, -0.25) is 4.79 Å². The molecule has 0 radical (unpaired) electrons. The molecule has 1 amide bonds. The van der Waals surface area contributed by atoms with E-state index in [1.165, 1.54) is 0 Å². The number of nitrogens with one attached hydrogen (secondary N) is 1. The average Bonchev–Trinajstić information content (AvgIpc) is 2.02. The van der Waals surface area contributed by atoms with Gasteiger partial charge in [-0.1, -0.05) is 0 Å². The van der Waals surface area contributed by atoms with Crippen LogP contribution < -0.4 is 5.32 Å². The molecule has 1 saturated carbocycles. The van der Waals surface area contributed by atoms with Gasteiger partial charge < -0.3 is 10.4 Å². The molecule has 0 aromatic heterocycles. The molecule has 0 unspecified atom stereocenters. The Balaban J connectivity index is 2.09. The summed E-state index contributed by atoms with van der Waals surface area (Å²) in [4.78, 5) is 11.0. The number of fused-ring (bicyclic) bond motifs is 1. The maximum atomic E-state index is 11.0. The lowest BCUT2D eigenvalue weighted by molar-refractivity contribution is -0.124. The Morgan fingerprint density at radius 1 is 1.60 bits per heavy atom. The van der Waals surface area contributed by atoms with Crippen molar-refractivity contribution in [3.05, 3.63) is 0 Å². The number of amides is 1. The standard InChI is InChI=1S/C7H11NO2/c9-3-6-4-1-2-5(4)7(10)8-6/h4-6,9H,1-3H2,(H,8,10)/t4-,5+,6+/m0/s1. The fraction of sp³-hybridized carbons (Fsp3) is 0.857. The van der Waals surface area contributed by atoms with Crippen molar-refractivity contribution >= 4 is 5.91 Å². The van der Waals surface area contributed by atoms with Crippen molar-refractivity contribution in [1.29, 1.82) is 0 Å². The third-order valence-corrected chi connectivity index (χ3v) is 2.71. The molecule has 3 atom stereocenters. The van der Waals surface area contributed by atoms with Crippen LogP contribution in [-0.4, -0.2) is 23.7 Å². The van der Waals surface area contributed by atoms with Gasteiger partial charge in [0.05, 0.1) is 12.6 Å². The smallest absolute Gasteiger partial charge is 0.223 e. The van der Waals surface area contributed by atoms with Crippen LogP contribution in [0.3, 0.4) is 0 Å². The van der Waals surface area contributed by atoms with Crippen LogP contribution in [0.1, 0.15) is 12.8 Å². The Bertz CT molecular complexity index is 167. The molecular formula is C7H11NO2. The Hall–Kier alpha value is -0.570. The van der Waals surface area contributed by atoms with E-state index in [-0.39, 0.29) is 24.5 Å². The largest absolute Gasteiger partial charge is 0.394 e. The minimum atomic E-state index is 0.0613. The lowest BCUT2D eigenvalue weighted by Gasteiger charge is -2.29. The zero-order valence-electron chi connectivity index (χ0n) is 5.71. The van der Waals surface area contributed by atoms with E-state index >= 15 is 0 Å². The third kappa shape index (κ3) is 0.611. The first-order chi connectivity index (χ1) is 4.83. The van der Waals surface area contributed by atoms with Gasteiger partial charge in [-0.25, -0.2) is 0 Å². The van der Waals surface area contributed by atoms with Gasteiger partial charge in [0.25, 0.3) is 0 Å². The molecule has 1 saturated heterocycles. The topological polar surface area (TPSA) is 49.3 Å². The number of aliphatic hydroxyl groups excluding tert-OH is 1. The van der Waals surface area contributed by atoms with Crippen molar-refractivity contribution in [3.63, 3.8) is 0 Å². The highest BCUT2D eigenvalue weighted by molar-refractivity contribution is 5.82. The van der Waals surface area contributed by atoms with E-state index in [0.717, 1.165) is 12.8 Å². The molecule has 1 aliphatic heterocycles. The van der Waals surface area contributed by atoms with Gasteiger partial charge in [0, 0.05) is 5.92 Å². The van der Waals surface area contributed by atoms with E-state index in [0.29, 0.717) is 5.92 Å². The van der Waals surface area contributed by atoms with E-state index in [1.807, 2.05) is 0 Å². The van der Waals surface area contributed by atoms with Crippen LogP contribution in [0.4, 0.5) is 0 Å². The molecule has 2 rings (SSSR count). The second kappa shape index (κ2) is 1.95. The van der Waals surface area contributed by atoms with Crippen molar-refractivity contribution in [3.8, 4) is 0 Å². The fourth-order valence-corrected chi connectivity index (χ4v) is 1.91. The summed E-state index contributed by atoms with van der Waals surface area (Å²) in [6, 6.07) is 0.0613. The summed E-state index contributed by atoms with van der Waals surface area (Å²) in [5.41, 5.74) is 0. The quantitative estimate of drug-likeness (QED) is 0.517. The highest BCUT2D eigenvalue weighted by atomic mass is 16.3. The summed E-state index contributed by atoms with van der Waals surface area (Å²) in [7, 11) is 0. The predicted molar refractivity (Wildman–Crippen MR) is 35.2 cm³/mol. The zero-order valence-corrected chi connectivity index (χ0v) is 5.71. The predicted octanol–water partition coefficient (Wildman–Crippen LogP) is -0.497. The molecule has 0 aromatic carbocycles. The van der Waals surface area contributed by atoms with Crippen molar-refractivity contribution in [2.75, 3.05) is 6.61 Å². The van der Waals surface area contributed by atoms with Crippen molar-refractivity contribution in [2.24, 2.45) is 11.8 Å². The van der Waals surface area contributed by atoms with Crippen LogP contribution in [-0.2, 0) is 4.79 Å². The van der Waals surface area contributed by atoms with Crippen LogP contribution in [0.15, 0.2) is 0 Å². The molecule has 10 heavy (non-hydrogen) atoms. The van der Waals surface area contributed by atoms with Gasteiger partial charge in [0.15, 0.2) is 0 Å². The summed E-state index contributed by atoms with van der Waals surface area (Å²) < 4.78 is 0. The molecule has 2 aliphatic rings. The summed E-state index contributed by atoms with van der Waals surface area (Å²) in [6.07, 6.45) is 2.13. The van der Waals surface area contributed by atoms with Crippen molar-refractivity contribution < 1.29 is 9.90 Å². The Kier molecular flexibility index (Phi) is 1.20. The van der Waals surface area contributed by atoms with E-state index in [9.17, 15) is 4.79 Å². The molecule has 1 aliphatic carbocycles. The van der Waals surface area contributed by atoms with Gasteiger partial charge in [-0.2, -0.15) is 0 Å². The SMILES string of the molecule is O=C1N[C@H](CO)[C@H]2CC[C@@H]12. The lowest BCUT2D eigenvalue weighted by Crippen LogP contribution is -2.34. The second-order valence-electron chi connectivity index (χ2n) is 3.15. The number of aliphatic hydroxyl groups is 1. The Morgan fingerprint density at radius 2 is 2.40 bits per heavy atom. The van der Waals surface area contributed by atoms with Gasteiger partial charge in [-0.15, -0.1) is 0 Å². The molecule has 3 heteroatoms. The first-order valence-corrected chi connectivity index (χ1v) is 3.74. The number of carbonyl (C=O) groups excluding carboxylic acids is 1. The third-order valence-electron chi connectivity index (χ3n) is 2.71. The van der Waals surface area contributed by atoms with E-state index in [4.69, 9.17) is 5.11 Å². The molecule has 3 nitrogen and oxygen atoms in total. The molecule has 56 valence electrons. The molecule has 0 spiro atoms. The minimum absolute atomic E-state index is 0.0613. The van der Waals surface area contributed by atoms with Crippen LogP contribution >= 0.6 is 0 Å². The van der Waals surface area contributed by atoms with Gasteiger partial charge >= 0.3 is 0 Å². The zero-order chi connectivity index (χ0) is 7.14. The van der Waals surface area contributed by atoms with Crippen LogP contribution in [0.5, 0.6) is 0 Å². The summed E-state index contributed by atoms with van der Waals surface area (Å²) in [5.74, 6) is 0.824. The van der Waals surface area contributed by atoms with Crippen molar-refractivity contribution in [2.45, 2.75) is 18.9 Å². The maximum absolute atomic E-state index is 11.0. The van der Waals surface area contributed by atoms with Crippen molar-refractivity contribution in [1.82, 2.24) is 5.32 Å². The number of carbonyl (C=O) groups is 1. The highest BCUT2D eigenvalue weighted by Crippen LogP contribution is 2.40. The Morgan fingerprint density at radius 3 is 2.70 bits per heavy atom. The van der Waals surface area contributed by atoms with Gasteiger partial charge in [0.2, 0.25) is 5.91 Å². The first kappa shape index (κ1) is 6.16. The van der Waals surface area contributed by atoms with E-state index in [1.54, 1.807) is 0 Å². The lowest BCUT2D eigenvalue weighted by atomic mass is 9.73. The summed E-state index contributed by atoms with van der Waals surface area (Å²) in [5, 5.41) is 11.6. The molecule has 2 N–H and O–H groups in total. The molecule has 1 heterocycles. The van der Waals surface area contributed by atoms with Gasteiger partial charge in [0.1, 0.15) is 0 Å². The second-order valence-corrected chi connectivity index (χ2v) is 3.15. The molecule has 2 fully saturated rings. The molecule has 0 bridgehead atoms. The van der Waals surface area contributed by atoms with Crippen LogP contribution in [0, 0.1) is 11.8 Å². The van der Waals surface area contributed by atoms with Gasteiger partial charge in [-0.05, 0) is 18.8 Å². The van der Waals surface area contributed by atoms with Crippen LogP contribution in [0.25, 0.3) is 0 Å². The Labute approximate surface area is 59.4 Å². The maximum Gasteiger partial charge on any atom is 0.223 e. The minimum Gasteiger partial charge on any atom is -0.394 e. The first-order valence-electron chi connectivity index (χ1n) is 3.74. The summed E-state index contributed by atoms with van der Waals surface area (Å²) >= 11 is 0. The molecule has 0 aromatic rings. The monoisotopic (exact) mass is 141 g/mol. The fourth-order valence-electron chi connectivity index (χ4n) is 1.91. The highest BCUT2D eigenvalue weighted by Gasteiger charge is 2.47. The molecular weight excluding hydrogens is 130 g/mol.